The molecule has 0 atom stereocenters. The molecule has 1 rings (SSSR count). The molecule has 0 bridgehead atoms. The number of halogens is 1. The SMILES string of the molecule is CCC(C)(C)C(=O)c1ccnc(Cl)c1. The van der Waals surface area contributed by atoms with Crippen molar-refractivity contribution < 1.29 is 4.79 Å². The van der Waals surface area contributed by atoms with Crippen molar-refractivity contribution >= 4 is 17.4 Å². The number of ketones is 1. The lowest BCUT2D eigenvalue weighted by Gasteiger charge is -2.20. The highest BCUT2D eigenvalue weighted by Gasteiger charge is 2.26. The van der Waals surface area contributed by atoms with Crippen LogP contribution in [-0.4, -0.2) is 10.8 Å². The summed E-state index contributed by atoms with van der Waals surface area (Å²) < 4.78 is 0. The largest absolute Gasteiger partial charge is 0.294 e. The summed E-state index contributed by atoms with van der Waals surface area (Å²) >= 11 is 5.72. The van der Waals surface area contributed by atoms with Gasteiger partial charge in [-0.2, -0.15) is 0 Å². The van der Waals surface area contributed by atoms with Crippen LogP contribution in [-0.2, 0) is 0 Å². The fourth-order valence-electron chi connectivity index (χ4n) is 1.09. The summed E-state index contributed by atoms with van der Waals surface area (Å²) in [4.78, 5) is 15.8. The van der Waals surface area contributed by atoms with Crippen LogP contribution in [0.3, 0.4) is 0 Å². The van der Waals surface area contributed by atoms with Gasteiger partial charge in [0.1, 0.15) is 5.15 Å². The maximum atomic E-state index is 12.0. The average molecular weight is 212 g/mol. The summed E-state index contributed by atoms with van der Waals surface area (Å²) in [7, 11) is 0. The van der Waals surface area contributed by atoms with E-state index in [4.69, 9.17) is 11.6 Å². The standard InChI is InChI=1S/C11H14ClNO/c1-4-11(2,3)10(14)8-5-6-13-9(12)7-8/h5-7H,4H2,1-3H3. The second-order valence-electron chi connectivity index (χ2n) is 3.93. The van der Waals surface area contributed by atoms with Crippen LogP contribution in [0.2, 0.25) is 5.15 Å². The first-order chi connectivity index (χ1) is 6.47. The number of Topliss-reactive ketones (excluding diaryl/α,β-unsaturated/α-hetero) is 1. The minimum Gasteiger partial charge on any atom is -0.294 e. The van der Waals surface area contributed by atoms with Gasteiger partial charge in [0, 0.05) is 17.2 Å². The van der Waals surface area contributed by atoms with Crippen molar-refractivity contribution in [2.24, 2.45) is 5.41 Å². The van der Waals surface area contributed by atoms with E-state index in [1.54, 1.807) is 18.3 Å². The van der Waals surface area contributed by atoms with Crippen LogP contribution in [0.25, 0.3) is 0 Å². The Hall–Kier alpha value is -0.890. The zero-order valence-corrected chi connectivity index (χ0v) is 9.43. The van der Waals surface area contributed by atoms with E-state index in [1.807, 2.05) is 20.8 Å². The van der Waals surface area contributed by atoms with Crippen LogP contribution in [0.5, 0.6) is 0 Å². The molecule has 3 heteroatoms. The van der Waals surface area contributed by atoms with E-state index in [-0.39, 0.29) is 11.2 Å². The number of hydrogen-bond acceptors (Lipinski definition) is 2. The zero-order valence-electron chi connectivity index (χ0n) is 8.67. The molecule has 0 saturated heterocycles. The first-order valence-electron chi connectivity index (χ1n) is 4.63. The quantitative estimate of drug-likeness (QED) is 0.567. The van der Waals surface area contributed by atoms with Gasteiger partial charge in [-0.1, -0.05) is 32.4 Å². The van der Waals surface area contributed by atoms with Gasteiger partial charge in [0.25, 0.3) is 0 Å². The Labute approximate surface area is 89.3 Å². The van der Waals surface area contributed by atoms with E-state index in [9.17, 15) is 4.79 Å². The Bertz CT molecular complexity index is 347. The van der Waals surface area contributed by atoms with Gasteiger partial charge in [0.05, 0.1) is 0 Å². The molecule has 0 aliphatic heterocycles. The fourth-order valence-corrected chi connectivity index (χ4v) is 1.27. The molecule has 0 unspecified atom stereocenters. The number of carbonyl (C=O) groups is 1. The molecule has 1 heterocycles. The summed E-state index contributed by atoms with van der Waals surface area (Å²) in [5, 5.41) is 0.364. The predicted molar refractivity (Wildman–Crippen MR) is 57.6 cm³/mol. The highest BCUT2D eigenvalue weighted by atomic mass is 35.5. The van der Waals surface area contributed by atoms with Crippen molar-refractivity contribution in [3.8, 4) is 0 Å². The molecule has 2 nitrogen and oxygen atoms in total. The van der Waals surface area contributed by atoms with Gasteiger partial charge in [0.15, 0.2) is 5.78 Å². The smallest absolute Gasteiger partial charge is 0.168 e. The first-order valence-corrected chi connectivity index (χ1v) is 5.01. The molecule has 0 aliphatic carbocycles. The van der Waals surface area contributed by atoms with Gasteiger partial charge in [0.2, 0.25) is 0 Å². The molecule has 0 aromatic carbocycles. The van der Waals surface area contributed by atoms with Crippen molar-refractivity contribution in [1.82, 2.24) is 4.98 Å². The highest BCUT2D eigenvalue weighted by Crippen LogP contribution is 2.25. The minimum atomic E-state index is -0.329. The van der Waals surface area contributed by atoms with Gasteiger partial charge < -0.3 is 0 Å². The predicted octanol–water partition coefficient (Wildman–Crippen LogP) is 3.35. The molecule has 0 aliphatic rings. The minimum absolute atomic E-state index is 0.115. The Morgan fingerprint density at radius 2 is 2.21 bits per heavy atom. The van der Waals surface area contributed by atoms with E-state index in [0.29, 0.717) is 10.7 Å². The molecular formula is C11H14ClNO. The lowest BCUT2D eigenvalue weighted by molar-refractivity contribution is 0.0833. The van der Waals surface area contributed by atoms with Gasteiger partial charge in [-0.05, 0) is 18.6 Å². The molecule has 0 radical (unpaired) electrons. The van der Waals surface area contributed by atoms with Crippen molar-refractivity contribution in [3.63, 3.8) is 0 Å². The van der Waals surface area contributed by atoms with E-state index in [1.165, 1.54) is 0 Å². The van der Waals surface area contributed by atoms with Crippen LogP contribution in [0.15, 0.2) is 18.3 Å². The maximum Gasteiger partial charge on any atom is 0.168 e. The Morgan fingerprint density at radius 1 is 1.57 bits per heavy atom. The Morgan fingerprint density at radius 3 is 2.71 bits per heavy atom. The summed E-state index contributed by atoms with van der Waals surface area (Å²) in [6.07, 6.45) is 2.37. The normalized spacial score (nSPS) is 11.4. The molecule has 0 spiro atoms. The molecule has 0 saturated carbocycles. The van der Waals surface area contributed by atoms with Crippen LogP contribution in [0.1, 0.15) is 37.6 Å². The maximum absolute atomic E-state index is 12.0. The molecule has 1 aromatic heterocycles. The number of aromatic nitrogens is 1. The average Bonchev–Trinajstić information content (AvgIpc) is 2.16. The summed E-state index contributed by atoms with van der Waals surface area (Å²) in [6.45, 7) is 5.87. The molecule has 0 N–H and O–H groups in total. The number of pyridine rings is 1. The van der Waals surface area contributed by atoms with E-state index >= 15 is 0 Å². The third kappa shape index (κ3) is 2.32. The third-order valence-electron chi connectivity index (χ3n) is 2.49. The van der Waals surface area contributed by atoms with Gasteiger partial charge in [-0.25, -0.2) is 4.98 Å². The Kier molecular flexibility index (Phi) is 3.27. The van der Waals surface area contributed by atoms with Crippen LogP contribution < -0.4 is 0 Å². The van der Waals surface area contributed by atoms with Gasteiger partial charge in [-0.15, -0.1) is 0 Å². The first kappa shape index (κ1) is 11.2. The number of carbonyl (C=O) groups excluding carboxylic acids is 1. The molecule has 14 heavy (non-hydrogen) atoms. The number of hydrogen-bond donors (Lipinski definition) is 0. The lowest BCUT2D eigenvalue weighted by Crippen LogP contribution is -2.23. The van der Waals surface area contributed by atoms with Gasteiger partial charge >= 0.3 is 0 Å². The van der Waals surface area contributed by atoms with Crippen molar-refractivity contribution in [1.29, 1.82) is 0 Å². The van der Waals surface area contributed by atoms with Crippen LogP contribution in [0.4, 0.5) is 0 Å². The zero-order chi connectivity index (χ0) is 10.8. The molecular weight excluding hydrogens is 198 g/mol. The number of nitrogens with zero attached hydrogens (tertiary/aromatic N) is 1. The topological polar surface area (TPSA) is 30.0 Å². The van der Waals surface area contributed by atoms with Crippen LogP contribution in [0, 0.1) is 5.41 Å². The highest BCUT2D eigenvalue weighted by molar-refractivity contribution is 6.29. The summed E-state index contributed by atoms with van der Waals surface area (Å²) in [6, 6.07) is 3.31. The van der Waals surface area contributed by atoms with Crippen molar-refractivity contribution in [2.45, 2.75) is 27.2 Å². The second kappa shape index (κ2) is 4.09. The molecule has 0 fully saturated rings. The van der Waals surface area contributed by atoms with E-state index in [0.717, 1.165) is 6.42 Å². The van der Waals surface area contributed by atoms with Crippen molar-refractivity contribution in [3.05, 3.63) is 29.0 Å². The van der Waals surface area contributed by atoms with E-state index in [2.05, 4.69) is 4.98 Å². The van der Waals surface area contributed by atoms with Gasteiger partial charge in [-0.3, -0.25) is 4.79 Å². The van der Waals surface area contributed by atoms with Crippen LogP contribution >= 0.6 is 11.6 Å². The molecule has 1 aromatic rings. The van der Waals surface area contributed by atoms with E-state index < -0.39 is 0 Å². The molecule has 0 amide bonds. The summed E-state index contributed by atoms with van der Waals surface area (Å²) in [5.74, 6) is 0.115. The number of rotatable bonds is 3. The summed E-state index contributed by atoms with van der Waals surface area (Å²) in [5.41, 5.74) is 0.307. The Balaban J connectivity index is 3.01. The second-order valence-corrected chi connectivity index (χ2v) is 4.32. The monoisotopic (exact) mass is 211 g/mol. The third-order valence-corrected chi connectivity index (χ3v) is 2.69. The molecule has 76 valence electrons. The lowest BCUT2D eigenvalue weighted by atomic mass is 9.82. The fraction of sp³-hybridized carbons (Fsp3) is 0.455. The van der Waals surface area contributed by atoms with Crippen molar-refractivity contribution in [2.75, 3.05) is 0 Å².